The van der Waals surface area contributed by atoms with Crippen LogP contribution in [0.15, 0.2) is 53.1 Å². The molecule has 3 aromatic rings. The highest BCUT2D eigenvalue weighted by atomic mass is 16.3. The molecule has 0 bridgehead atoms. The number of furan rings is 1. The Bertz CT molecular complexity index is 748. The van der Waals surface area contributed by atoms with Crippen LogP contribution in [0, 0.1) is 6.92 Å². The molecule has 3 rings (SSSR count). The van der Waals surface area contributed by atoms with Crippen molar-refractivity contribution >= 4 is 5.91 Å². The Balaban J connectivity index is 1.68. The first-order valence-electron chi connectivity index (χ1n) is 6.98. The first kappa shape index (κ1) is 14.1. The fourth-order valence-electron chi connectivity index (χ4n) is 2.14. The second kappa shape index (κ2) is 6.26. The summed E-state index contributed by atoms with van der Waals surface area (Å²) in [6.45, 7) is 2.76. The van der Waals surface area contributed by atoms with Crippen LogP contribution in [0.1, 0.15) is 27.5 Å². The lowest BCUT2D eigenvalue weighted by molar-refractivity contribution is 0.0942. The van der Waals surface area contributed by atoms with Gasteiger partial charge in [0.25, 0.3) is 5.91 Å². The van der Waals surface area contributed by atoms with E-state index in [1.54, 1.807) is 23.1 Å². The lowest BCUT2D eigenvalue weighted by atomic mass is 10.2. The molecule has 22 heavy (non-hydrogen) atoms. The Hall–Kier alpha value is -2.89. The van der Waals surface area contributed by atoms with E-state index in [2.05, 4.69) is 15.6 Å². The van der Waals surface area contributed by atoms with Crippen LogP contribution in [-0.4, -0.2) is 20.9 Å². The Morgan fingerprint density at radius 3 is 2.77 bits per heavy atom. The predicted molar refractivity (Wildman–Crippen MR) is 80.2 cm³/mol. The highest BCUT2D eigenvalue weighted by Crippen LogP contribution is 2.08. The van der Waals surface area contributed by atoms with Crippen LogP contribution in [0.2, 0.25) is 0 Å². The number of nitrogens with zero attached hydrogens (tertiary/aromatic N) is 3. The molecule has 0 saturated heterocycles. The monoisotopic (exact) mass is 296 g/mol. The molecule has 0 aliphatic heterocycles. The maximum absolute atomic E-state index is 12.2. The zero-order valence-electron chi connectivity index (χ0n) is 12.2. The molecule has 0 aliphatic rings. The topological polar surface area (TPSA) is 73.0 Å². The first-order chi connectivity index (χ1) is 10.7. The molecule has 0 atom stereocenters. The summed E-state index contributed by atoms with van der Waals surface area (Å²) in [4.78, 5) is 12.2. The van der Waals surface area contributed by atoms with Crippen LogP contribution in [0.5, 0.6) is 0 Å². The van der Waals surface area contributed by atoms with Crippen LogP contribution in [0.3, 0.4) is 0 Å². The maximum atomic E-state index is 12.2. The van der Waals surface area contributed by atoms with Gasteiger partial charge in [0.05, 0.1) is 25.0 Å². The lowest BCUT2D eigenvalue weighted by Gasteiger charge is -2.04. The summed E-state index contributed by atoms with van der Waals surface area (Å²) in [7, 11) is 0. The normalized spacial score (nSPS) is 10.6. The second-order valence-electron chi connectivity index (χ2n) is 4.93. The Morgan fingerprint density at radius 2 is 2.05 bits per heavy atom. The van der Waals surface area contributed by atoms with Crippen LogP contribution >= 0.6 is 0 Å². The van der Waals surface area contributed by atoms with Gasteiger partial charge in [0.1, 0.15) is 5.76 Å². The molecule has 2 heterocycles. The molecule has 0 saturated carbocycles. The SMILES string of the molecule is Cc1c(C(=O)NCc2ccco2)nnn1Cc1ccccc1. The van der Waals surface area contributed by atoms with Gasteiger partial charge < -0.3 is 9.73 Å². The molecule has 0 radical (unpaired) electrons. The number of nitrogens with one attached hydrogen (secondary N) is 1. The van der Waals surface area contributed by atoms with Crippen LogP contribution in [-0.2, 0) is 13.1 Å². The smallest absolute Gasteiger partial charge is 0.274 e. The molecule has 112 valence electrons. The van der Waals surface area contributed by atoms with Crippen molar-refractivity contribution in [2.24, 2.45) is 0 Å². The minimum Gasteiger partial charge on any atom is -0.467 e. The molecule has 6 nitrogen and oxygen atoms in total. The summed E-state index contributed by atoms with van der Waals surface area (Å²) in [5.41, 5.74) is 2.18. The van der Waals surface area contributed by atoms with Gasteiger partial charge in [-0.1, -0.05) is 35.5 Å². The van der Waals surface area contributed by atoms with Gasteiger partial charge in [-0.05, 0) is 24.6 Å². The van der Waals surface area contributed by atoms with E-state index < -0.39 is 0 Å². The van der Waals surface area contributed by atoms with Crippen LogP contribution in [0.25, 0.3) is 0 Å². The number of benzene rings is 1. The number of rotatable bonds is 5. The quantitative estimate of drug-likeness (QED) is 0.783. The van der Waals surface area contributed by atoms with Crippen molar-refractivity contribution in [2.45, 2.75) is 20.0 Å². The van der Waals surface area contributed by atoms with Gasteiger partial charge in [-0.15, -0.1) is 5.10 Å². The fraction of sp³-hybridized carbons (Fsp3) is 0.188. The van der Waals surface area contributed by atoms with Crippen molar-refractivity contribution in [1.29, 1.82) is 0 Å². The number of hydrogen-bond donors (Lipinski definition) is 1. The first-order valence-corrected chi connectivity index (χ1v) is 6.98. The molecular formula is C16H16N4O2. The average molecular weight is 296 g/mol. The fourth-order valence-corrected chi connectivity index (χ4v) is 2.14. The molecule has 1 aromatic carbocycles. The number of carbonyl (C=O) groups excluding carboxylic acids is 1. The van der Waals surface area contributed by atoms with E-state index >= 15 is 0 Å². The van der Waals surface area contributed by atoms with Crippen molar-refractivity contribution in [1.82, 2.24) is 20.3 Å². The molecule has 0 spiro atoms. The van der Waals surface area contributed by atoms with Crippen LogP contribution in [0.4, 0.5) is 0 Å². The largest absolute Gasteiger partial charge is 0.467 e. The summed E-state index contributed by atoms with van der Waals surface area (Å²) < 4.78 is 6.90. The Labute approximate surface area is 127 Å². The summed E-state index contributed by atoms with van der Waals surface area (Å²) in [6, 6.07) is 13.5. The van der Waals surface area contributed by atoms with Crippen molar-refractivity contribution in [2.75, 3.05) is 0 Å². The van der Waals surface area contributed by atoms with Gasteiger partial charge in [0.2, 0.25) is 0 Å². The lowest BCUT2D eigenvalue weighted by Crippen LogP contribution is -2.24. The third-order valence-corrected chi connectivity index (χ3v) is 3.38. The summed E-state index contributed by atoms with van der Waals surface area (Å²) >= 11 is 0. The highest BCUT2D eigenvalue weighted by Gasteiger charge is 2.16. The number of aromatic nitrogens is 3. The average Bonchev–Trinajstić information content (AvgIpc) is 3.17. The van der Waals surface area contributed by atoms with Gasteiger partial charge in [0.15, 0.2) is 5.69 Å². The van der Waals surface area contributed by atoms with E-state index in [0.717, 1.165) is 11.3 Å². The highest BCUT2D eigenvalue weighted by molar-refractivity contribution is 5.93. The number of carbonyl (C=O) groups is 1. The molecular weight excluding hydrogens is 280 g/mol. The van der Waals surface area contributed by atoms with Gasteiger partial charge in [-0.2, -0.15) is 0 Å². The number of hydrogen-bond acceptors (Lipinski definition) is 4. The van der Waals surface area contributed by atoms with Gasteiger partial charge >= 0.3 is 0 Å². The van der Waals surface area contributed by atoms with Crippen LogP contribution < -0.4 is 5.32 Å². The van der Waals surface area contributed by atoms with Crippen molar-refractivity contribution in [3.63, 3.8) is 0 Å². The third kappa shape index (κ3) is 3.06. The molecule has 2 aromatic heterocycles. The van der Waals surface area contributed by atoms with Crippen molar-refractivity contribution in [3.05, 3.63) is 71.4 Å². The van der Waals surface area contributed by atoms with E-state index in [1.807, 2.05) is 37.3 Å². The van der Waals surface area contributed by atoms with Crippen molar-refractivity contribution in [3.8, 4) is 0 Å². The van der Waals surface area contributed by atoms with Gasteiger partial charge in [-0.25, -0.2) is 4.68 Å². The van der Waals surface area contributed by atoms with E-state index in [0.29, 0.717) is 24.5 Å². The second-order valence-corrected chi connectivity index (χ2v) is 4.93. The summed E-state index contributed by atoms with van der Waals surface area (Å²) in [6.07, 6.45) is 1.57. The third-order valence-electron chi connectivity index (χ3n) is 3.38. The minimum atomic E-state index is -0.256. The molecule has 0 unspecified atom stereocenters. The molecule has 0 aliphatic carbocycles. The molecule has 0 fully saturated rings. The summed E-state index contributed by atoms with van der Waals surface area (Å²) in [5.74, 6) is 0.441. The zero-order valence-corrected chi connectivity index (χ0v) is 12.2. The minimum absolute atomic E-state index is 0.256. The molecule has 1 amide bonds. The van der Waals surface area contributed by atoms with Crippen molar-refractivity contribution < 1.29 is 9.21 Å². The van der Waals surface area contributed by atoms with Gasteiger partial charge in [-0.3, -0.25) is 4.79 Å². The predicted octanol–water partition coefficient (Wildman–Crippen LogP) is 2.16. The van der Waals surface area contributed by atoms with E-state index in [9.17, 15) is 4.79 Å². The Kier molecular flexibility index (Phi) is 4.00. The number of amides is 1. The van der Waals surface area contributed by atoms with E-state index in [4.69, 9.17) is 4.42 Å². The standard InChI is InChI=1S/C16H16N4O2/c1-12-15(16(21)17-10-14-8-5-9-22-14)18-19-20(12)11-13-6-3-2-4-7-13/h2-9H,10-11H2,1H3,(H,17,21). The maximum Gasteiger partial charge on any atom is 0.274 e. The van der Waals surface area contributed by atoms with E-state index in [1.165, 1.54) is 0 Å². The molecule has 1 N–H and O–H groups in total. The van der Waals surface area contributed by atoms with Gasteiger partial charge in [0, 0.05) is 0 Å². The summed E-state index contributed by atoms with van der Waals surface area (Å²) in [5, 5.41) is 10.8. The molecule has 6 heteroatoms. The zero-order chi connectivity index (χ0) is 15.4. The van der Waals surface area contributed by atoms with E-state index in [-0.39, 0.29) is 5.91 Å². The Morgan fingerprint density at radius 1 is 1.23 bits per heavy atom.